The second-order valence-corrected chi connectivity index (χ2v) is 7.93. The Labute approximate surface area is 187 Å². The number of ether oxygens (including phenoxy) is 2. The van der Waals surface area contributed by atoms with Gasteiger partial charge in [0, 0.05) is 13.1 Å². The lowest BCUT2D eigenvalue weighted by atomic mass is 9.96. The molecule has 6 nitrogen and oxygen atoms in total. The van der Waals surface area contributed by atoms with Gasteiger partial charge in [0.1, 0.15) is 17.6 Å². The van der Waals surface area contributed by atoms with Crippen molar-refractivity contribution in [2.24, 2.45) is 0 Å². The van der Waals surface area contributed by atoms with Crippen molar-refractivity contribution in [3.05, 3.63) is 83.4 Å². The molecule has 0 bridgehead atoms. The van der Waals surface area contributed by atoms with Crippen LogP contribution < -0.4 is 14.8 Å². The van der Waals surface area contributed by atoms with Gasteiger partial charge in [0.2, 0.25) is 0 Å². The molecule has 4 rings (SSSR count). The number of benzene rings is 3. The fraction of sp³-hybridized carbons (Fsp3) is 0.269. The molecule has 1 heterocycles. The molecule has 2 atom stereocenters. The zero-order chi connectivity index (χ0) is 22.5. The van der Waals surface area contributed by atoms with E-state index in [1.54, 1.807) is 19.2 Å². The van der Waals surface area contributed by atoms with Crippen molar-refractivity contribution in [1.82, 2.24) is 5.32 Å². The van der Waals surface area contributed by atoms with Crippen LogP contribution in [-0.2, 0) is 6.42 Å². The van der Waals surface area contributed by atoms with Crippen LogP contribution in [0, 0.1) is 0 Å². The quantitative estimate of drug-likeness (QED) is 0.496. The van der Waals surface area contributed by atoms with Crippen LogP contribution in [-0.4, -0.2) is 42.5 Å². The number of hydrogen-bond acceptors (Lipinski definition) is 5. The third-order valence-corrected chi connectivity index (χ3v) is 5.77. The molecule has 166 valence electrons. The Balaban J connectivity index is 1.31. The van der Waals surface area contributed by atoms with E-state index in [4.69, 9.17) is 14.6 Å². The Hall–Kier alpha value is -3.35. The summed E-state index contributed by atoms with van der Waals surface area (Å²) in [6.07, 6.45) is 1.25. The summed E-state index contributed by atoms with van der Waals surface area (Å²) in [7, 11) is 1.62. The van der Waals surface area contributed by atoms with Gasteiger partial charge in [0.25, 0.3) is 0 Å². The third-order valence-electron chi connectivity index (χ3n) is 5.77. The fourth-order valence-corrected chi connectivity index (χ4v) is 3.90. The van der Waals surface area contributed by atoms with E-state index in [1.165, 1.54) is 0 Å². The first-order valence-corrected chi connectivity index (χ1v) is 10.7. The molecule has 32 heavy (non-hydrogen) atoms. The van der Waals surface area contributed by atoms with Crippen LogP contribution in [0.25, 0.3) is 11.1 Å². The summed E-state index contributed by atoms with van der Waals surface area (Å²) in [6.45, 7) is 1.11. The van der Waals surface area contributed by atoms with Gasteiger partial charge in [-0.1, -0.05) is 30.3 Å². The van der Waals surface area contributed by atoms with Gasteiger partial charge in [-0.25, -0.2) is 4.79 Å². The van der Waals surface area contributed by atoms with E-state index in [1.807, 2.05) is 48.5 Å². The molecule has 0 amide bonds. The van der Waals surface area contributed by atoms with Crippen LogP contribution >= 0.6 is 0 Å². The molecule has 1 aliphatic rings. The van der Waals surface area contributed by atoms with Crippen molar-refractivity contribution in [3.8, 4) is 22.6 Å². The van der Waals surface area contributed by atoms with Gasteiger partial charge in [-0.3, -0.25) is 0 Å². The van der Waals surface area contributed by atoms with Crippen molar-refractivity contribution < 1.29 is 24.5 Å². The van der Waals surface area contributed by atoms with Crippen molar-refractivity contribution in [1.29, 1.82) is 0 Å². The van der Waals surface area contributed by atoms with Crippen LogP contribution in [0.15, 0.2) is 66.7 Å². The van der Waals surface area contributed by atoms with Crippen molar-refractivity contribution in [2.45, 2.75) is 25.0 Å². The first-order valence-electron chi connectivity index (χ1n) is 10.7. The van der Waals surface area contributed by atoms with E-state index in [2.05, 4.69) is 11.4 Å². The minimum absolute atomic E-state index is 0.0475. The van der Waals surface area contributed by atoms with Crippen molar-refractivity contribution in [2.75, 3.05) is 20.2 Å². The molecule has 0 fully saturated rings. The summed E-state index contributed by atoms with van der Waals surface area (Å²) in [4.78, 5) is 11.0. The van der Waals surface area contributed by atoms with E-state index in [0.29, 0.717) is 13.1 Å². The lowest BCUT2D eigenvalue weighted by Crippen LogP contribution is -2.36. The first-order chi connectivity index (χ1) is 15.5. The van der Waals surface area contributed by atoms with Crippen LogP contribution in [0.1, 0.15) is 34.0 Å². The van der Waals surface area contributed by atoms with Gasteiger partial charge in [-0.2, -0.15) is 0 Å². The number of hydrogen-bond donors (Lipinski definition) is 3. The zero-order valence-electron chi connectivity index (χ0n) is 18.0. The van der Waals surface area contributed by atoms with E-state index in [-0.39, 0.29) is 11.7 Å². The predicted octanol–water partition coefficient (Wildman–Crippen LogP) is 4.08. The number of aliphatic hydroxyl groups excluding tert-OH is 1. The second kappa shape index (κ2) is 9.85. The summed E-state index contributed by atoms with van der Waals surface area (Å²) in [6, 6.07) is 20.4. The zero-order valence-corrected chi connectivity index (χ0v) is 18.0. The minimum atomic E-state index is -0.924. The average molecular weight is 434 g/mol. The number of aliphatic hydroxyl groups is 1. The minimum Gasteiger partial charge on any atom is -0.497 e. The molecule has 0 aliphatic carbocycles. The summed E-state index contributed by atoms with van der Waals surface area (Å²) < 4.78 is 11.3. The Morgan fingerprint density at radius 3 is 2.50 bits per heavy atom. The lowest BCUT2D eigenvalue weighted by molar-refractivity contribution is 0.0697. The number of aromatic carboxylic acids is 1. The smallest absolute Gasteiger partial charge is 0.335 e. The number of methoxy groups -OCH3 is 1. The lowest BCUT2D eigenvalue weighted by Gasteiger charge is -2.27. The highest BCUT2D eigenvalue weighted by Gasteiger charge is 2.20. The van der Waals surface area contributed by atoms with E-state index < -0.39 is 12.1 Å². The monoisotopic (exact) mass is 433 g/mol. The molecule has 6 heteroatoms. The van der Waals surface area contributed by atoms with E-state index in [9.17, 15) is 9.90 Å². The highest BCUT2D eigenvalue weighted by molar-refractivity contribution is 5.88. The summed E-state index contributed by atoms with van der Waals surface area (Å²) >= 11 is 0. The van der Waals surface area contributed by atoms with Gasteiger partial charge in [-0.15, -0.1) is 0 Å². The maximum Gasteiger partial charge on any atom is 0.335 e. The predicted molar refractivity (Wildman–Crippen MR) is 122 cm³/mol. The number of nitrogens with one attached hydrogen (secondary N) is 1. The van der Waals surface area contributed by atoms with Crippen LogP contribution in [0.2, 0.25) is 0 Å². The second-order valence-electron chi connectivity index (χ2n) is 7.93. The SMILES string of the molecule is COc1ccc(C(O)CNCC2CCc3cc(-c4ccc(C(=O)O)cc4)ccc3O2)cc1. The fourth-order valence-electron chi connectivity index (χ4n) is 3.90. The number of carbonyl (C=O) groups is 1. The molecule has 0 spiro atoms. The molecule has 3 aromatic rings. The van der Waals surface area contributed by atoms with Gasteiger partial charge in [0.15, 0.2) is 0 Å². The Kier molecular flexibility index (Phi) is 6.73. The number of carboxylic acid groups (broad SMARTS) is 1. The Morgan fingerprint density at radius 1 is 1.09 bits per heavy atom. The molecule has 1 aliphatic heterocycles. The van der Waals surface area contributed by atoms with E-state index >= 15 is 0 Å². The molecule has 0 saturated carbocycles. The largest absolute Gasteiger partial charge is 0.497 e. The first kappa shape index (κ1) is 21.9. The van der Waals surface area contributed by atoms with Crippen molar-refractivity contribution >= 4 is 5.97 Å². The van der Waals surface area contributed by atoms with Gasteiger partial charge >= 0.3 is 5.97 Å². The number of aryl methyl sites for hydroxylation is 1. The third kappa shape index (κ3) is 5.10. The highest BCUT2D eigenvalue weighted by Crippen LogP contribution is 2.32. The number of rotatable bonds is 8. The molecule has 2 unspecified atom stereocenters. The summed E-state index contributed by atoms with van der Waals surface area (Å²) in [5, 5.41) is 22.7. The topological polar surface area (TPSA) is 88.0 Å². The number of fused-ring (bicyclic) bond motifs is 1. The molecule has 3 N–H and O–H groups in total. The standard InChI is InChI=1S/C26H27NO5/c1-31-22-10-6-18(7-11-22)24(28)16-27-15-23-12-8-21-14-20(9-13-25(21)32-23)17-2-4-19(5-3-17)26(29)30/h2-7,9-11,13-14,23-24,27-28H,8,12,15-16H2,1H3,(H,29,30). The van der Waals surface area contributed by atoms with Gasteiger partial charge in [0.05, 0.1) is 18.8 Å². The molecule has 3 aromatic carbocycles. The van der Waals surface area contributed by atoms with Gasteiger partial charge in [-0.05, 0) is 71.5 Å². The van der Waals surface area contributed by atoms with Crippen LogP contribution in [0.5, 0.6) is 11.5 Å². The highest BCUT2D eigenvalue weighted by atomic mass is 16.5. The molecular weight excluding hydrogens is 406 g/mol. The van der Waals surface area contributed by atoms with E-state index in [0.717, 1.165) is 46.6 Å². The summed E-state index contributed by atoms with van der Waals surface area (Å²) in [5.41, 5.74) is 4.30. The molecular formula is C26H27NO5. The summed E-state index contributed by atoms with van der Waals surface area (Å²) in [5.74, 6) is 0.722. The Bertz CT molecular complexity index is 1060. The maximum absolute atomic E-state index is 11.0. The normalized spacial score (nSPS) is 16.0. The average Bonchev–Trinajstić information content (AvgIpc) is 2.83. The van der Waals surface area contributed by atoms with Crippen molar-refractivity contribution in [3.63, 3.8) is 0 Å². The Morgan fingerprint density at radius 2 is 1.81 bits per heavy atom. The van der Waals surface area contributed by atoms with Gasteiger partial charge < -0.3 is 25.0 Å². The van der Waals surface area contributed by atoms with Crippen LogP contribution in [0.3, 0.4) is 0 Å². The number of carboxylic acids is 1. The maximum atomic E-state index is 11.0. The molecule has 0 aromatic heterocycles. The molecule has 0 saturated heterocycles. The van der Waals surface area contributed by atoms with Crippen LogP contribution in [0.4, 0.5) is 0 Å². The molecule has 0 radical (unpaired) electrons.